The third-order valence-electron chi connectivity index (χ3n) is 4.29. The second kappa shape index (κ2) is 3.93. The Morgan fingerprint density at radius 2 is 2.32 bits per heavy atom. The minimum absolute atomic E-state index is 0.0633. The molecule has 1 aliphatic heterocycles. The largest absolute Gasteiger partial charge is 0.308 e. The molecule has 0 radical (unpaired) electrons. The van der Waals surface area contributed by atoms with E-state index in [0.717, 1.165) is 42.2 Å². The molecule has 5 heteroatoms. The first kappa shape index (κ1) is 11.2. The number of aromatic amines is 1. The Morgan fingerprint density at radius 1 is 1.47 bits per heavy atom. The van der Waals surface area contributed by atoms with E-state index >= 15 is 0 Å². The molecule has 2 aromatic heterocycles. The lowest BCUT2D eigenvalue weighted by atomic mass is 10.0. The summed E-state index contributed by atoms with van der Waals surface area (Å²) in [5.41, 5.74) is 4.06. The summed E-state index contributed by atoms with van der Waals surface area (Å²) in [4.78, 5) is 15.3. The van der Waals surface area contributed by atoms with Crippen LogP contribution in [-0.2, 0) is 19.4 Å². The van der Waals surface area contributed by atoms with E-state index in [-0.39, 0.29) is 5.56 Å². The molecule has 1 atom stereocenters. The Labute approximate surface area is 111 Å². The van der Waals surface area contributed by atoms with Crippen molar-refractivity contribution in [3.8, 4) is 0 Å². The Balaban J connectivity index is 1.89. The Kier molecular flexibility index (Phi) is 2.33. The molecular formula is C14H18N4O. The van der Waals surface area contributed by atoms with Crippen LogP contribution in [0.1, 0.15) is 36.6 Å². The highest BCUT2D eigenvalue weighted by Gasteiger charge is 2.26. The molecule has 19 heavy (non-hydrogen) atoms. The van der Waals surface area contributed by atoms with Gasteiger partial charge in [-0.05, 0) is 38.5 Å². The zero-order valence-electron chi connectivity index (χ0n) is 11.1. The first-order chi connectivity index (χ1) is 9.22. The number of H-pyrrole nitrogens is 1. The van der Waals surface area contributed by atoms with E-state index in [0.29, 0.717) is 6.04 Å². The van der Waals surface area contributed by atoms with Crippen molar-refractivity contribution in [2.24, 2.45) is 5.92 Å². The fourth-order valence-corrected chi connectivity index (χ4v) is 2.99. The lowest BCUT2D eigenvalue weighted by molar-refractivity contribution is 0.492. The highest BCUT2D eigenvalue weighted by Crippen LogP contribution is 2.33. The molecule has 100 valence electrons. The van der Waals surface area contributed by atoms with Crippen LogP contribution >= 0.6 is 0 Å². The second-order valence-electron chi connectivity index (χ2n) is 5.94. The van der Waals surface area contributed by atoms with Crippen molar-refractivity contribution in [1.29, 1.82) is 0 Å². The topological polar surface area (TPSA) is 62.2 Å². The van der Waals surface area contributed by atoms with Gasteiger partial charge in [0.1, 0.15) is 5.65 Å². The van der Waals surface area contributed by atoms with Gasteiger partial charge in [0.25, 0.3) is 5.56 Å². The van der Waals surface area contributed by atoms with E-state index in [9.17, 15) is 4.79 Å². The molecular weight excluding hydrogens is 240 g/mol. The van der Waals surface area contributed by atoms with Crippen LogP contribution in [0.3, 0.4) is 0 Å². The highest BCUT2D eigenvalue weighted by molar-refractivity contribution is 5.49. The van der Waals surface area contributed by atoms with Crippen LogP contribution in [0.4, 0.5) is 0 Å². The van der Waals surface area contributed by atoms with Crippen molar-refractivity contribution in [2.75, 3.05) is 0 Å². The van der Waals surface area contributed by atoms with Gasteiger partial charge in [-0.3, -0.25) is 4.79 Å². The van der Waals surface area contributed by atoms with E-state index in [1.54, 1.807) is 0 Å². The first-order valence-corrected chi connectivity index (χ1v) is 7.06. The summed E-state index contributed by atoms with van der Waals surface area (Å²) in [7, 11) is 0. The SMILES string of the molecule is CC1Cc2c(n3ncc(CC4CC4)c3[nH]c2=O)CN1. The molecule has 1 unspecified atom stereocenters. The van der Waals surface area contributed by atoms with Crippen LogP contribution in [0.25, 0.3) is 5.65 Å². The third kappa shape index (κ3) is 1.80. The van der Waals surface area contributed by atoms with Crippen LogP contribution in [0.15, 0.2) is 11.0 Å². The van der Waals surface area contributed by atoms with E-state index in [2.05, 4.69) is 22.3 Å². The first-order valence-electron chi connectivity index (χ1n) is 7.06. The summed E-state index contributed by atoms with van der Waals surface area (Å²) in [6.07, 6.45) is 6.36. The average molecular weight is 258 g/mol. The molecule has 0 bridgehead atoms. The third-order valence-corrected chi connectivity index (χ3v) is 4.29. The normalized spacial score (nSPS) is 22.7. The fraction of sp³-hybridized carbons (Fsp3) is 0.571. The van der Waals surface area contributed by atoms with Crippen LogP contribution < -0.4 is 10.9 Å². The van der Waals surface area contributed by atoms with Gasteiger partial charge in [0.2, 0.25) is 0 Å². The lowest BCUT2D eigenvalue weighted by Gasteiger charge is -2.22. The molecule has 2 aromatic rings. The maximum absolute atomic E-state index is 12.3. The zero-order valence-corrected chi connectivity index (χ0v) is 11.1. The maximum atomic E-state index is 12.3. The van der Waals surface area contributed by atoms with Crippen LogP contribution in [0.5, 0.6) is 0 Å². The van der Waals surface area contributed by atoms with Crippen LogP contribution in [-0.4, -0.2) is 20.6 Å². The predicted octanol–water partition coefficient (Wildman–Crippen LogP) is 1.01. The van der Waals surface area contributed by atoms with E-state index in [4.69, 9.17) is 0 Å². The molecule has 1 aliphatic carbocycles. The van der Waals surface area contributed by atoms with Gasteiger partial charge in [-0.15, -0.1) is 0 Å². The quantitative estimate of drug-likeness (QED) is 0.845. The van der Waals surface area contributed by atoms with Gasteiger partial charge >= 0.3 is 0 Å². The second-order valence-corrected chi connectivity index (χ2v) is 5.94. The molecule has 0 aromatic carbocycles. The number of nitrogens with zero attached hydrogens (tertiary/aromatic N) is 2. The number of aromatic nitrogens is 3. The van der Waals surface area contributed by atoms with Gasteiger partial charge in [-0.2, -0.15) is 5.10 Å². The molecule has 3 heterocycles. The predicted molar refractivity (Wildman–Crippen MR) is 72.2 cm³/mol. The number of hydrogen-bond donors (Lipinski definition) is 2. The van der Waals surface area contributed by atoms with Crippen molar-refractivity contribution < 1.29 is 0 Å². The molecule has 0 spiro atoms. The molecule has 2 aliphatic rings. The summed E-state index contributed by atoms with van der Waals surface area (Å²) < 4.78 is 1.92. The summed E-state index contributed by atoms with van der Waals surface area (Å²) in [5.74, 6) is 0.797. The van der Waals surface area contributed by atoms with Crippen LogP contribution in [0.2, 0.25) is 0 Å². The standard InChI is InChI=1S/C14H18N4O/c1-8-4-11-12(7-15-8)18-13(17-14(11)19)10(6-16-18)5-9-2-3-9/h6,8-9,15H,2-5,7H2,1H3,(H,17,19). The molecule has 4 rings (SSSR count). The number of fused-ring (bicyclic) bond motifs is 3. The smallest absolute Gasteiger partial charge is 0.254 e. The number of nitrogens with one attached hydrogen (secondary N) is 2. The van der Waals surface area contributed by atoms with Gasteiger partial charge in [-0.1, -0.05) is 0 Å². The molecule has 0 amide bonds. The maximum Gasteiger partial charge on any atom is 0.254 e. The lowest BCUT2D eigenvalue weighted by Crippen LogP contribution is -2.38. The summed E-state index contributed by atoms with van der Waals surface area (Å²) in [5, 5.41) is 7.89. The molecule has 0 saturated heterocycles. The van der Waals surface area contributed by atoms with Crippen molar-refractivity contribution in [3.05, 3.63) is 33.4 Å². The molecule has 1 saturated carbocycles. The van der Waals surface area contributed by atoms with Crippen molar-refractivity contribution in [1.82, 2.24) is 19.9 Å². The Hall–Kier alpha value is -1.62. The Morgan fingerprint density at radius 3 is 3.11 bits per heavy atom. The van der Waals surface area contributed by atoms with Gasteiger partial charge < -0.3 is 10.3 Å². The number of rotatable bonds is 2. The van der Waals surface area contributed by atoms with Gasteiger partial charge in [0, 0.05) is 23.7 Å². The van der Waals surface area contributed by atoms with E-state index in [1.807, 2.05) is 10.7 Å². The van der Waals surface area contributed by atoms with Crippen molar-refractivity contribution in [2.45, 2.75) is 45.2 Å². The summed E-state index contributed by atoms with van der Waals surface area (Å²) >= 11 is 0. The number of hydrogen-bond acceptors (Lipinski definition) is 3. The fourth-order valence-electron chi connectivity index (χ4n) is 2.99. The summed E-state index contributed by atoms with van der Waals surface area (Å²) in [6.45, 7) is 2.83. The van der Waals surface area contributed by atoms with Gasteiger partial charge in [-0.25, -0.2) is 4.52 Å². The van der Waals surface area contributed by atoms with Gasteiger partial charge in [0.15, 0.2) is 0 Å². The molecule has 5 nitrogen and oxygen atoms in total. The minimum Gasteiger partial charge on any atom is -0.308 e. The zero-order chi connectivity index (χ0) is 13.0. The summed E-state index contributed by atoms with van der Waals surface area (Å²) in [6, 6.07) is 0.354. The Bertz CT molecular complexity index is 695. The molecule has 1 fully saturated rings. The average Bonchev–Trinajstić information content (AvgIpc) is 3.12. The highest BCUT2D eigenvalue weighted by atomic mass is 16.1. The minimum atomic E-state index is 0.0633. The van der Waals surface area contributed by atoms with Crippen LogP contribution in [0, 0.1) is 5.92 Å². The van der Waals surface area contributed by atoms with E-state index < -0.39 is 0 Å². The van der Waals surface area contributed by atoms with Crippen molar-refractivity contribution in [3.63, 3.8) is 0 Å². The monoisotopic (exact) mass is 258 g/mol. The molecule has 2 N–H and O–H groups in total. The van der Waals surface area contributed by atoms with Gasteiger partial charge in [0.05, 0.1) is 11.9 Å². The van der Waals surface area contributed by atoms with E-state index in [1.165, 1.54) is 18.4 Å². The van der Waals surface area contributed by atoms with Crippen molar-refractivity contribution >= 4 is 5.65 Å².